The maximum absolute atomic E-state index is 13.0. The number of rotatable bonds is 0. The van der Waals surface area contributed by atoms with Crippen molar-refractivity contribution in [2.45, 2.75) is 119 Å². The Bertz CT molecular complexity index is 2080. The number of nitrogens with one attached hydrogen (secondary N) is 2. The van der Waals surface area contributed by atoms with Crippen LogP contribution in [-0.4, -0.2) is 33.3 Å². The third kappa shape index (κ3) is 10.8. The van der Waals surface area contributed by atoms with Gasteiger partial charge < -0.3 is 10.6 Å². The number of fused-ring (bicyclic) bond motifs is 6. The van der Waals surface area contributed by atoms with Gasteiger partial charge in [-0.05, 0) is 85.7 Å². The summed E-state index contributed by atoms with van der Waals surface area (Å²) in [7, 11) is 0. The molecule has 4 aromatic carbocycles. The zero-order chi connectivity index (χ0) is 37.7. The Hall–Kier alpha value is -4.14. The highest BCUT2D eigenvalue weighted by Crippen LogP contribution is 2.37. The van der Waals surface area contributed by atoms with Gasteiger partial charge in [0, 0.05) is 55.6 Å². The number of amides is 2. The number of hydrogen-bond acceptors (Lipinski definition) is 6. The third-order valence-corrected chi connectivity index (χ3v) is 13.1. The van der Waals surface area contributed by atoms with Gasteiger partial charge in [-0.3, -0.25) is 9.59 Å². The molecule has 3 heterocycles. The number of benzene rings is 4. The molecule has 1 aliphatic rings. The predicted molar refractivity (Wildman–Crippen MR) is 236 cm³/mol. The quantitative estimate of drug-likeness (QED) is 0.150. The smallest absolute Gasteiger partial charge is 0.224 e. The summed E-state index contributed by atoms with van der Waals surface area (Å²) in [5.74, 6) is 2.25. The second kappa shape index (κ2) is 20.1. The molecule has 286 valence electrons. The lowest BCUT2D eigenvalue weighted by molar-refractivity contribution is -0.117. The van der Waals surface area contributed by atoms with Crippen molar-refractivity contribution in [2.24, 2.45) is 0 Å². The number of para-hydroxylation sites is 2. The number of carbonyl (C=O) groups is 2. The maximum atomic E-state index is 13.0. The number of carbonyl (C=O) groups excluding carboxylic acids is 2. The fourth-order valence-electron chi connectivity index (χ4n) is 7.69. The van der Waals surface area contributed by atoms with Crippen LogP contribution < -0.4 is 10.6 Å². The zero-order valence-corrected chi connectivity index (χ0v) is 33.7. The molecule has 0 fully saturated rings. The van der Waals surface area contributed by atoms with Gasteiger partial charge in [-0.25, -0.2) is 9.97 Å². The lowest BCUT2D eigenvalue weighted by Gasteiger charge is -2.13. The first-order valence-electron chi connectivity index (χ1n) is 20.6. The lowest BCUT2D eigenvalue weighted by Crippen LogP contribution is -2.11. The second-order valence-electron chi connectivity index (χ2n) is 15.0. The standard InChI is InChI=1S/C47H54N4O2S2/c52-44-24-12-8-7-9-13-25-45(53)49-35-27-29-43-39(33-35)47(37-21-15-17-23-41(37)51-43)55-31-19-11-6-4-2-1-3-5-10-18-30-54-46-36-20-14-16-22-40(36)50-42-28-26-34(48-44)32-38(42)46/h14-17,20-23,26-29,32-33H,1-13,18-19,24-25,30-31H2,(H,48,52)(H,49,53). The summed E-state index contributed by atoms with van der Waals surface area (Å²) in [6.45, 7) is 0. The molecule has 6 nitrogen and oxygen atoms in total. The topological polar surface area (TPSA) is 84.0 Å². The zero-order valence-electron chi connectivity index (χ0n) is 32.0. The molecule has 2 aromatic heterocycles. The second-order valence-corrected chi connectivity index (χ2v) is 17.2. The normalized spacial score (nSPS) is 17.4. The molecule has 7 rings (SSSR count). The average molecular weight is 771 g/mol. The molecule has 1 aliphatic heterocycles. The van der Waals surface area contributed by atoms with Crippen LogP contribution >= 0.6 is 23.5 Å². The Morgan fingerprint density at radius 2 is 0.764 bits per heavy atom. The molecule has 0 saturated carbocycles. The van der Waals surface area contributed by atoms with E-state index in [1.165, 1.54) is 84.8 Å². The van der Waals surface area contributed by atoms with Crippen molar-refractivity contribution in [3.63, 3.8) is 0 Å². The number of hydrogen-bond donors (Lipinski definition) is 2. The first kappa shape index (κ1) is 39.1. The van der Waals surface area contributed by atoms with Crippen LogP contribution in [0.3, 0.4) is 0 Å². The van der Waals surface area contributed by atoms with Crippen molar-refractivity contribution >= 4 is 90.3 Å². The van der Waals surface area contributed by atoms with Crippen LogP contribution in [0.2, 0.25) is 0 Å². The van der Waals surface area contributed by atoms with E-state index in [1.54, 1.807) is 0 Å². The van der Waals surface area contributed by atoms with Crippen LogP contribution in [0.15, 0.2) is 94.7 Å². The van der Waals surface area contributed by atoms with Gasteiger partial charge in [0.05, 0.1) is 22.1 Å². The maximum Gasteiger partial charge on any atom is 0.224 e. The molecule has 0 saturated heterocycles. The molecule has 8 heteroatoms. The molecule has 4 bridgehead atoms. The van der Waals surface area contributed by atoms with E-state index in [2.05, 4.69) is 71.3 Å². The van der Waals surface area contributed by atoms with Crippen molar-refractivity contribution in [3.8, 4) is 0 Å². The Balaban J connectivity index is 0.987. The summed E-state index contributed by atoms with van der Waals surface area (Å²) in [4.78, 5) is 38.4. The van der Waals surface area contributed by atoms with Crippen molar-refractivity contribution in [2.75, 3.05) is 22.1 Å². The molecule has 0 radical (unpaired) electrons. The van der Waals surface area contributed by atoms with Crippen molar-refractivity contribution < 1.29 is 9.59 Å². The Kier molecular flexibility index (Phi) is 14.3. The highest BCUT2D eigenvalue weighted by atomic mass is 32.2. The minimum Gasteiger partial charge on any atom is -0.326 e. The summed E-state index contributed by atoms with van der Waals surface area (Å²) in [5.41, 5.74) is 5.63. The van der Waals surface area contributed by atoms with E-state index in [-0.39, 0.29) is 11.8 Å². The Labute approximate surface area is 334 Å². The van der Waals surface area contributed by atoms with Crippen molar-refractivity contribution in [1.29, 1.82) is 0 Å². The SMILES string of the molecule is O=C1CCCCCCCC(=O)Nc2ccc3nc4ccccc4c(c3c2)SCCCCCCCCCCCCSc2c3ccccc3nc3ccc(cc23)N1. The molecule has 0 unspecified atom stereocenters. The van der Waals surface area contributed by atoms with E-state index in [0.717, 1.165) is 87.8 Å². The molecular weight excluding hydrogens is 717 g/mol. The average Bonchev–Trinajstić information content (AvgIpc) is 3.19. The molecule has 6 aromatic rings. The first-order valence-corrected chi connectivity index (χ1v) is 22.6. The number of anilines is 2. The minimum atomic E-state index is 0.0448. The van der Waals surface area contributed by atoms with E-state index in [9.17, 15) is 9.59 Å². The summed E-state index contributed by atoms with van der Waals surface area (Å²) in [6, 6.07) is 29.1. The highest BCUT2D eigenvalue weighted by molar-refractivity contribution is 8.00. The van der Waals surface area contributed by atoms with Gasteiger partial charge in [-0.1, -0.05) is 107 Å². The van der Waals surface area contributed by atoms with Gasteiger partial charge in [0.1, 0.15) is 0 Å². The fraction of sp³-hybridized carbons (Fsp3) is 0.404. The van der Waals surface area contributed by atoms with Gasteiger partial charge in [0.2, 0.25) is 11.8 Å². The number of pyridine rings is 2. The summed E-state index contributed by atoms with van der Waals surface area (Å²) in [5, 5.41) is 10.9. The summed E-state index contributed by atoms with van der Waals surface area (Å²) >= 11 is 3.87. The number of nitrogens with zero attached hydrogens (tertiary/aromatic N) is 2. The fourth-order valence-corrected chi connectivity index (χ4v) is 10.1. The predicted octanol–water partition coefficient (Wildman–Crippen LogP) is 13.5. The van der Waals surface area contributed by atoms with Gasteiger partial charge in [0.25, 0.3) is 0 Å². The summed E-state index contributed by atoms with van der Waals surface area (Å²) in [6.07, 6.45) is 18.4. The van der Waals surface area contributed by atoms with Crippen molar-refractivity contribution in [3.05, 3.63) is 84.9 Å². The van der Waals surface area contributed by atoms with Gasteiger partial charge in [0.15, 0.2) is 0 Å². The van der Waals surface area contributed by atoms with Crippen molar-refractivity contribution in [1.82, 2.24) is 9.97 Å². The van der Waals surface area contributed by atoms with Crippen LogP contribution in [0.4, 0.5) is 11.4 Å². The molecule has 55 heavy (non-hydrogen) atoms. The first-order chi connectivity index (χ1) is 27.1. The molecule has 0 atom stereocenters. The number of thioether (sulfide) groups is 2. The molecule has 0 spiro atoms. The van der Waals surface area contributed by atoms with Gasteiger partial charge >= 0.3 is 0 Å². The lowest BCUT2D eigenvalue weighted by atomic mass is 10.1. The van der Waals surface area contributed by atoms with Crippen LogP contribution in [0.5, 0.6) is 0 Å². The van der Waals surface area contributed by atoms with E-state index < -0.39 is 0 Å². The third-order valence-electron chi connectivity index (χ3n) is 10.7. The largest absolute Gasteiger partial charge is 0.326 e. The van der Waals surface area contributed by atoms with E-state index in [1.807, 2.05) is 47.8 Å². The highest BCUT2D eigenvalue weighted by Gasteiger charge is 2.14. The number of aromatic nitrogens is 2. The minimum absolute atomic E-state index is 0.0448. The van der Waals surface area contributed by atoms with E-state index >= 15 is 0 Å². The van der Waals surface area contributed by atoms with E-state index in [0.29, 0.717) is 12.8 Å². The molecule has 0 aliphatic carbocycles. The Morgan fingerprint density at radius 3 is 1.20 bits per heavy atom. The molecular formula is C47H54N4O2S2. The summed E-state index contributed by atoms with van der Waals surface area (Å²) < 4.78 is 0. The molecule has 2 N–H and O–H groups in total. The van der Waals surface area contributed by atoms with Gasteiger partial charge in [-0.2, -0.15) is 0 Å². The van der Waals surface area contributed by atoms with Crippen LogP contribution in [0.25, 0.3) is 43.6 Å². The van der Waals surface area contributed by atoms with Crippen LogP contribution in [-0.2, 0) is 9.59 Å². The van der Waals surface area contributed by atoms with Gasteiger partial charge in [-0.15, -0.1) is 23.5 Å². The monoisotopic (exact) mass is 770 g/mol. The van der Waals surface area contributed by atoms with Crippen LogP contribution in [0, 0.1) is 0 Å². The van der Waals surface area contributed by atoms with E-state index in [4.69, 9.17) is 9.97 Å². The Morgan fingerprint density at radius 1 is 0.400 bits per heavy atom. The molecule has 2 amide bonds. The van der Waals surface area contributed by atoms with Crippen LogP contribution in [0.1, 0.15) is 109 Å².